The highest BCUT2D eigenvalue weighted by Crippen LogP contribution is 2.31. The van der Waals surface area contributed by atoms with E-state index in [1.54, 1.807) is 27.0 Å². The van der Waals surface area contributed by atoms with E-state index < -0.39 is 15.6 Å². The van der Waals surface area contributed by atoms with Crippen molar-refractivity contribution in [2.75, 3.05) is 17.9 Å². The molecule has 0 aliphatic carbocycles. The van der Waals surface area contributed by atoms with Crippen molar-refractivity contribution in [1.82, 2.24) is 19.7 Å². The summed E-state index contributed by atoms with van der Waals surface area (Å²) in [4.78, 5) is 8.64. The number of sulfonamides is 1. The van der Waals surface area contributed by atoms with Crippen molar-refractivity contribution in [3.8, 4) is 22.9 Å². The maximum absolute atomic E-state index is 12.8. The van der Waals surface area contributed by atoms with Gasteiger partial charge in [0.1, 0.15) is 10.6 Å². The van der Waals surface area contributed by atoms with E-state index in [4.69, 9.17) is 9.47 Å². The molecule has 0 saturated carbocycles. The molecule has 2 aromatic heterocycles. The lowest BCUT2D eigenvalue weighted by molar-refractivity contribution is 0.0547. The minimum Gasteiger partial charge on any atom is -0.493 e. The van der Waals surface area contributed by atoms with E-state index in [2.05, 4.69) is 26.7 Å². The maximum atomic E-state index is 12.8. The standard InChI is InChI=1S/C23H31N5O5S/c1-5-6-12-32-20-10-8-7-9-18(20)19-14-21(33-13-11-23(2,3)29)26-22(25-19)27-34(30,31)17-15-24-28(4)16-17/h7-10,14-16,29H,5-6,11-13H2,1-4H3,(H,25,26,27). The number of aliphatic hydroxyl groups is 1. The van der Waals surface area contributed by atoms with Crippen molar-refractivity contribution in [3.05, 3.63) is 42.7 Å². The normalized spacial score (nSPS) is 11.9. The molecule has 0 unspecified atom stereocenters. The highest BCUT2D eigenvalue weighted by atomic mass is 32.2. The molecule has 0 aliphatic heterocycles. The quantitative estimate of drug-likeness (QED) is 0.371. The number of nitrogens with one attached hydrogen (secondary N) is 1. The van der Waals surface area contributed by atoms with Crippen LogP contribution in [-0.2, 0) is 17.1 Å². The highest BCUT2D eigenvalue weighted by molar-refractivity contribution is 7.92. The van der Waals surface area contributed by atoms with Crippen LogP contribution in [0.15, 0.2) is 47.6 Å². The Morgan fingerprint density at radius 3 is 2.59 bits per heavy atom. The number of anilines is 1. The Morgan fingerprint density at radius 1 is 1.15 bits per heavy atom. The zero-order valence-corrected chi connectivity index (χ0v) is 20.7. The predicted molar refractivity (Wildman–Crippen MR) is 128 cm³/mol. The molecular formula is C23H31N5O5S. The van der Waals surface area contributed by atoms with Crippen LogP contribution in [0, 0.1) is 0 Å². The summed E-state index contributed by atoms with van der Waals surface area (Å²) in [6, 6.07) is 9.00. The number of nitrogens with zero attached hydrogens (tertiary/aromatic N) is 4. The van der Waals surface area contributed by atoms with E-state index in [-0.39, 0.29) is 23.3 Å². The zero-order valence-electron chi connectivity index (χ0n) is 19.9. The minimum atomic E-state index is -3.96. The number of unbranched alkanes of at least 4 members (excludes halogenated alkanes) is 1. The molecule has 0 bridgehead atoms. The van der Waals surface area contributed by atoms with Crippen molar-refractivity contribution in [3.63, 3.8) is 0 Å². The van der Waals surface area contributed by atoms with Gasteiger partial charge in [-0.25, -0.2) is 18.1 Å². The fourth-order valence-electron chi connectivity index (χ4n) is 2.94. The lowest BCUT2D eigenvalue weighted by Gasteiger charge is -2.17. The van der Waals surface area contributed by atoms with Crippen LogP contribution < -0.4 is 14.2 Å². The van der Waals surface area contributed by atoms with Gasteiger partial charge in [-0.3, -0.25) is 4.68 Å². The fraction of sp³-hybridized carbons (Fsp3) is 0.435. The lowest BCUT2D eigenvalue weighted by Crippen LogP contribution is -2.22. The Bertz CT molecular complexity index is 1200. The van der Waals surface area contributed by atoms with E-state index in [9.17, 15) is 13.5 Å². The molecule has 2 heterocycles. The number of rotatable bonds is 12. The number of aryl methyl sites for hydroxylation is 1. The fourth-order valence-corrected chi connectivity index (χ4v) is 3.86. The van der Waals surface area contributed by atoms with Crippen LogP contribution >= 0.6 is 0 Å². The Morgan fingerprint density at radius 2 is 1.91 bits per heavy atom. The third-order valence-corrected chi connectivity index (χ3v) is 6.08. The van der Waals surface area contributed by atoms with Crippen LogP contribution in [0.25, 0.3) is 11.3 Å². The first kappa shape index (κ1) is 25.4. The van der Waals surface area contributed by atoms with Gasteiger partial charge in [0, 0.05) is 31.3 Å². The van der Waals surface area contributed by atoms with Gasteiger partial charge in [-0.15, -0.1) is 0 Å². The molecule has 1 aromatic carbocycles. The summed E-state index contributed by atoms with van der Waals surface area (Å²) >= 11 is 0. The molecule has 3 rings (SSSR count). The van der Waals surface area contributed by atoms with E-state index in [1.807, 2.05) is 24.3 Å². The van der Waals surface area contributed by atoms with Gasteiger partial charge in [0.2, 0.25) is 11.8 Å². The first-order chi connectivity index (χ1) is 16.1. The van der Waals surface area contributed by atoms with Gasteiger partial charge in [-0.05, 0) is 32.4 Å². The number of para-hydroxylation sites is 1. The van der Waals surface area contributed by atoms with Gasteiger partial charge in [-0.2, -0.15) is 10.1 Å². The molecule has 0 atom stereocenters. The maximum Gasteiger partial charge on any atom is 0.267 e. The van der Waals surface area contributed by atoms with Gasteiger partial charge < -0.3 is 14.6 Å². The van der Waals surface area contributed by atoms with Gasteiger partial charge in [0.05, 0.1) is 30.7 Å². The molecule has 10 nitrogen and oxygen atoms in total. The summed E-state index contributed by atoms with van der Waals surface area (Å²) in [7, 11) is -2.34. The molecule has 0 radical (unpaired) electrons. The number of ether oxygens (including phenoxy) is 2. The number of hydrogen-bond acceptors (Lipinski definition) is 8. The molecular weight excluding hydrogens is 458 g/mol. The highest BCUT2D eigenvalue weighted by Gasteiger charge is 2.20. The molecule has 3 aromatic rings. The average Bonchev–Trinajstić information content (AvgIpc) is 3.20. The topological polar surface area (TPSA) is 128 Å². The van der Waals surface area contributed by atoms with Crippen LogP contribution in [0.5, 0.6) is 11.6 Å². The van der Waals surface area contributed by atoms with Crippen LogP contribution in [-0.4, -0.2) is 52.1 Å². The van der Waals surface area contributed by atoms with Crippen LogP contribution in [0.2, 0.25) is 0 Å². The van der Waals surface area contributed by atoms with Crippen molar-refractivity contribution in [1.29, 1.82) is 0 Å². The number of aromatic nitrogens is 4. The van der Waals surface area contributed by atoms with E-state index in [1.165, 1.54) is 17.1 Å². The summed E-state index contributed by atoms with van der Waals surface area (Å²) in [5.41, 5.74) is 0.194. The third-order valence-electron chi connectivity index (χ3n) is 4.80. The monoisotopic (exact) mass is 489 g/mol. The minimum absolute atomic E-state index is 0.0169. The second-order valence-electron chi connectivity index (χ2n) is 8.48. The van der Waals surface area contributed by atoms with Crippen LogP contribution in [0.1, 0.15) is 40.0 Å². The molecule has 184 valence electrons. The Balaban J connectivity index is 1.96. The average molecular weight is 490 g/mol. The van der Waals surface area contributed by atoms with Gasteiger partial charge in [-0.1, -0.05) is 25.5 Å². The van der Waals surface area contributed by atoms with Crippen molar-refractivity contribution >= 4 is 16.0 Å². The third kappa shape index (κ3) is 7.16. The molecule has 0 saturated heterocycles. The lowest BCUT2D eigenvalue weighted by atomic mass is 10.1. The second kappa shape index (κ2) is 10.8. The Labute approximate surface area is 200 Å². The summed E-state index contributed by atoms with van der Waals surface area (Å²) in [6.07, 6.45) is 4.88. The van der Waals surface area contributed by atoms with E-state index >= 15 is 0 Å². The molecule has 0 aliphatic rings. The first-order valence-corrected chi connectivity index (χ1v) is 12.5. The summed E-state index contributed by atoms with van der Waals surface area (Å²) < 4.78 is 41.1. The summed E-state index contributed by atoms with van der Waals surface area (Å²) in [5, 5.41) is 13.9. The van der Waals surface area contributed by atoms with Gasteiger partial charge in [0.25, 0.3) is 10.0 Å². The van der Waals surface area contributed by atoms with Crippen molar-refractivity contribution in [2.45, 2.75) is 50.5 Å². The van der Waals surface area contributed by atoms with Crippen LogP contribution in [0.4, 0.5) is 5.95 Å². The summed E-state index contributed by atoms with van der Waals surface area (Å²) in [5.74, 6) is 0.641. The Hall–Kier alpha value is -3.18. The first-order valence-electron chi connectivity index (χ1n) is 11.1. The van der Waals surface area contributed by atoms with Crippen molar-refractivity contribution in [2.24, 2.45) is 7.05 Å². The molecule has 34 heavy (non-hydrogen) atoms. The number of benzene rings is 1. The van der Waals surface area contributed by atoms with Gasteiger partial charge >= 0.3 is 0 Å². The van der Waals surface area contributed by atoms with Crippen LogP contribution in [0.3, 0.4) is 0 Å². The van der Waals surface area contributed by atoms with E-state index in [0.717, 1.165) is 12.8 Å². The van der Waals surface area contributed by atoms with Crippen molar-refractivity contribution < 1.29 is 23.0 Å². The smallest absolute Gasteiger partial charge is 0.267 e. The summed E-state index contributed by atoms with van der Waals surface area (Å²) in [6.45, 7) is 6.17. The molecule has 2 N–H and O–H groups in total. The predicted octanol–water partition coefficient (Wildman–Crippen LogP) is 3.40. The molecule has 11 heteroatoms. The molecule has 0 spiro atoms. The molecule has 0 fully saturated rings. The molecule has 0 amide bonds. The Kier molecular flexibility index (Phi) is 8.11. The SMILES string of the molecule is CCCCOc1ccccc1-c1cc(OCCC(C)(C)O)nc(NS(=O)(=O)c2cnn(C)c2)n1. The zero-order chi connectivity index (χ0) is 24.8. The van der Waals surface area contributed by atoms with E-state index in [0.29, 0.717) is 30.0 Å². The second-order valence-corrected chi connectivity index (χ2v) is 10.2. The largest absolute Gasteiger partial charge is 0.493 e. The number of hydrogen-bond donors (Lipinski definition) is 2. The van der Waals surface area contributed by atoms with Gasteiger partial charge in [0.15, 0.2) is 0 Å².